The normalized spacial score (nSPS) is 16.1. The number of hydrogen-bond donors (Lipinski definition) is 0. The fourth-order valence-electron chi connectivity index (χ4n) is 4.38. The van der Waals surface area contributed by atoms with Crippen molar-refractivity contribution in [3.05, 3.63) is 52.3 Å². The Labute approximate surface area is 189 Å². The number of amides is 1. The molecule has 0 bridgehead atoms. The molecular formula is C21H27FN8O3. The second kappa shape index (κ2) is 9.22. The van der Waals surface area contributed by atoms with Crippen molar-refractivity contribution in [2.45, 2.75) is 52.2 Å². The molecule has 1 aromatic carbocycles. The van der Waals surface area contributed by atoms with Crippen molar-refractivity contribution in [3.63, 3.8) is 0 Å². The molecule has 0 spiro atoms. The van der Waals surface area contributed by atoms with E-state index < -0.39 is 11.4 Å². The van der Waals surface area contributed by atoms with Gasteiger partial charge < -0.3 is 9.32 Å². The number of piperidine rings is 1. The first-order valence-electron chi connectivity index (χ1n) is 10.9. The zero-order chi connectivity index (χ0) is 23.6. The number of carbonyl (C=O) groups excluding carboxylic acids is 1. The molecule has 3 aromatic rings. The van der Waals surface area contributed by atoms with Crippen molar-refractivity contribution in [2.75, 3.05) is 24.5 Å². The second-order valence-electron chi connectivity index (χ2n) is 8.11. The molecule has 4 rings (SSSR count). The Morgan fingerprint density at radius 3 is 2.42 bits per heavy atom. The van der Waals surface area contributed by atoms with Crippen LogP contribution in [0.2, 0.25) is 0 Å². The lowest BCUT2D eigenvalue weighted by Crippen LogP contribution is -2.56. The molecule has 0 N–H and O–H groups in total. The highest BCUT2D eigenvalue weighted by atomic mass is 19.1. The molecule has 0 unspecified atom stereocenters. The number of tetrazole rings is 1. The quantitative estimate of drug-likeness (QED) is 0.521. The maximum atomic E-state index is 14.8. The SMILES string of the molecule is CCn1nnn(CCN2CCC(c3nnc(C)o3)(N(C(C)=O)c3ccccc3F)CC2)c1=O. The van der Waals surface area contributed by atoms with Crippen LogP contribution < -0.4 is 10.6 Å². The number of likely N-dealkylation sites (tertiary alicyclic amines) is 1. The lowest BCUT2D eigenvalue weighted by Gasteiger charge is -2.46. The predicted molar refractivity (Wildman–Crippen MR) is 116 cm³/mol. The molecule has 176 valence electrons. The molecule has 11 nitrogen and oxygen atoms in total. The Morgan fingerprint density at radius 2 is 1.85 bits per heavy atom. The van der Waals surface area contributed by atoms with Crippen LogP contribution in [-0.4, -0.2) is 60.4 Å². The molecule has 1 fully saturated rings. The van der Waals surface area contributed by atoms with Gasteiger partial charge in [0.25, 0.3) is 0 Å². The molecule has 0 atom stereocenters. The standard InChI is InChI=1S/C21H27FN8O3/c1-4-28-20(32)29(26-25-28)14-13-27-11-9-21(10-12-27,19-24-23-15(2)33-19)30(16(3)31)18-8-6-5-7-17(18)22/h5-8H,4,9-14H2,1-3H3. The van der Waals surface area contributed by atoms with Gasteiger partial charge in [0.1, 0.15) is 11.4 Å². The number of para-hydroxylation sites is 1. The third kappa shape index (κ3) is 4.30. The van der Waals surface area contributed by atoms with Crippen molar-refractivity contribution < 1.29 is 13.6 Å². The van der Waals surface area contributed by atoms with E-state index in [0.717, 1.165) is 0 Å². The lowest BCUT2D eigenvalue weighted by molar-refractivity contribution is -0.118. The van der Waals surface area contributed by atoms with Gasteiger partial charge in [0.2, 0.25) is 17.7 Å². The Bertz CT molecular complexity index is 1180. The molecule has 1 aliphatic heterocycles. The highest BCUT2D eigenvalue weighted by Gasteiger charge is 2.48. The van der Waals surface area contributed by atoms with Gasteiger partial charge in [-0.15, -0.1) is 10.2 Å². The molecule has 1 saturated heterocycles. The Hall–Kier alpha value is -3.41. The van der Waals surface area contributed by atoms with Crippen molar-refractivity contribution in [3.8, 4) is 0 Å². The smallest absolute Gasteiger partial charge is 0.363 e. The minimum atomic E-state index is -0.978. The molecular weight excluding hydrogens is 431 g/mol. The van der Waals surface area contributed by atoms with E-state index in [0.29, 0.717) is 57.3 Å². The van der Waals surface area contributed by atoms with Crippen molar-refractivity contribution in [2.24, 2.45) is 0 Å². The predicted octanol–water partition coefficient (Wildman–Crippen LogP) is 1.33. The maximum Gasteiger partial charge on any atom is 0.363 e. The molecule has 12 heteroatoms. The molecule has 2 aromatic heterocycles. The van der Waals surface area contributed by atoms with E-state index in [9.17, 15) is 14.0 Å². The van der Waals surface area contributed by atoms with E-state index in [1.807, 2.05) is 6.92 Å². The number of anilines is 1. The van der Waals surface area contributed by atoms with Gasteiger partial charge in [-0.05, 0) is 42.3 Å². The van der Waals surface area contributed by atoms with Gasteiger partial charge in [-0.1, -0.05) is 12.1 Å². The molecule has 1 amide bonds. The lowest BCUT2D eigenvalue weighted by atomic mass is 9.84. The summed E-state index contributed by atoms with van der Waals surface area (Å²) in [6.45, 7) is 7.53. The van der Waals surface area contributed by atoms with Gasteiger partial charge in [0, 0.05) is 40.0 Å². The van der Waals surface area contributed by atoms with Crippen LogP contribution in [0.25, 0.3) is 0 Å². The number of hydrogen-bond acceptors (Lipinski definition) is 8. The van der Waals surface area contributed by atoms with E-state index in [4.69, 9.17) is 4.42 Å². The summed E-state index contributed by atoms with van der Waals surface area (Å²) < 4.78 is 23.2. The Balaban J connectivity index is 1.59. The minimum absolute atomic E-state index is 0.178. The summed E-state index contributed by atoms with van der Waals surface area (Å²) >= 11 is 0. The molecule has 33 heavy (non-hydrogen) atoms. The van der Waals surface area contributed by atoms with Gasteiger partial charge >= 0.3 is 5.69 Å². The summed E-state index contributed by atoms with van der Waals surface area (Å²) in [6.07, 6.45) is 0.915. The Morgan fingerprint density at radius 1 is 1.15 bits per heavy atom. The topological polar surface area (TPSA) is 115 Å². The number of aromatic nitrogens is 6. The molecule has 1 aliphatic rings. The summed E-state index contributed by atoms with van der Waals surface area (Å²) in [5.74, 6) is -0.140. The first kappa shape index (κ1) is 22.8. The monoisotopic (exact) mass is 458 g/mol. The number of rotatable bonds is 7. The average Bonchev–Trinajstić information content (AvgIpc) is 3.40. The first-order valence-corrected chi connectivity index (χ1v) is 10.9. The molecule has 0 saturated carbocycles. The number of halogens is 1. The highest BCUT2D eigenvalue weighted by Crippen LogP contribution is 2.42. The molecule has 0 aliphatic carbocycles. The summed E-state index contributed by atoms with van der Waals surface area (Å²) in [5.41, 5.74) is -1.04. The van der Waals surface area contributed by atoms with Crippen LogP contribution >= 0.6 is 0 Å². The largest absolute Gasteiger partial charge is 0.423 e. The average molecular weight is 458 g/mol. The third-order valence-electron chi connectivity index (χ3n) is 6.07. The summed E-state index contributed by atoms with van der Waals surface area (Å²) in [5, 5.41) is 15.9. The van der Waals surface area contributed by atoms with E-state index in [1.54, 1.807) is 25.1 Å². The van der Waals surface area contributed by atoms with E-state index >= 15 is 0 Å². The van der Waals surface area contributed by atoms with Gasteiger partial charge in [-0.25, -0.2) is 9.18 Å². The summed E-state index contributed by atoms with van der Waals surface area (Å²) in [4.78, 5) is 28.6. The van der Waals surface area contributed by atoms with E-state index in [2.05, 4.69) is 25.5 Å². The van der Waals surface area contributed by atoms with Gasteiger partial charge in [0.15, 0.2) is 0 Å². The van der Waals surface area contributed by atoms with Gasteiger partial charge in [-0.2, -0.15) is 9.36 Å². The number of carbonyl (C=O) groups is 1. The van der Waals surface area contributed by atoms with Crippen LogP contribution in [0.1, 0.15) is 38.5 Å². The summed E-state index contributed by atoms with van der Waals surface area (Å²) in [6, 6.07) is 6.18. The fourth-order valence-corrected chi connectivity index (χ4v) is 4.38. The van der Waals surface area contributed by atoms with Crippen molar-refractivity contribution >= 4 is 11.6 Å². The van der Waals surface area contributed by atoms with Gasteiger partial charge in [-0.3, -0.25) is 9.69 Å². The Kier molecular flexibility index (Phi) is 6.36. The van der Waals surface area contributed by atoms with Crippen LogP contribution in [0.15, 0.2) is 33.5 Å². The fraction of sp³-hybridized carbons (Fsp3) is 0.524. The van der Waals surface area contributed by atoms with Crippen LogP contribution in [0.5, 0.6) is 0 Å². The number of nitrogens with zero attached hydrogens (tertiary/aromatic N) is 8. The number of aryl methyl sites for hydroxylation is 2. The molecule has 3 heterocycles. The zero-order valence-electron chi connectivity index (χ0n) is 18.9. The first-order chi connectivity index (χ1) is 15.9. The zero-order valence-corrected chi connectivity index (χ0v) is 18.9. The number of benzene rings is 1. The summed E-state index contributed by atoms with van der Waals surface area (Å²) in [7, 11) is 0. The van der Waals surface area contributed by atoms with E-state index in [1.165, 1.54) is 27.3 Å². The van der Waals surface area contributed by atoms with Crippen LogP contribution in [0, 0.1) is 12.7 Å². The second-order valence-corrected chi connectivity index (χ2v) is 8.11. The third-order valence-corrected chi connectivity index (χ3v) is 6.07. The highest BCUT2D eigenvalue weighted by molar-refractivity contribution is 5.93. The van der Waals surface area contributed by atoms with Crippen LogP contribution in [0.4, 0.5) is 10.1 Å². The van der Waals surface area contributed by atoms with Gasteiger partial charge in [0.05, 0.1) is 12.2 Å². The van der Waals surface area contributed by atoms with E-state index in [-0.39, 0.29) is 17.3 Å². The minimum Gasteiger partial charge on any atom is -0.423 e. The van der Waals surface area contributed by atoms with Crippen molar-refractivity contribution in [1.82, 2.24) is 34.9 Å². The van der Waals surface area contributed by atoms with Crippen LogP contribution in [0.3, 0.4) is 0 Å². The maximum absolute atomic E-state index is 14.8. The van der Waals surface area contributed by atoms with Crippen molar-refractivity contribution in [1.29, 1.82) is 0 Å². The van der Waals surface area contributed by atoms with Crippen LogP contribution in [-0.2, 0) is 23.4 Å². The molecule has 0 radical (unpaired) electrons.